The molecule has 1 heterocycles. The van der Waals surface area contributed by atoms with Gasteiger partial charge in [-0.05, 0) is 13.3 Å². The monoisotopic (exact) mass is 241 g/mol. The highest BCUT2D eigenvalue weighted by molar-refractivity contribution is 14.1. The zero-order chi connectivity index (χ0) is 6.69. The van der Waals surface area contributed by atoms with Gasteiger partial charge in [-0.1, -0.05) is 0 Å². The molecule has 1 fully saturated rings. The molecule has 0 aromatic heterocycles. The Kier molecular flexibility index (Phi) is 3.21. The predicted molar refractivity (Wildman–Crippen MR) is 45.6 cm³/mol. The van der Waals surface area contributed by atoms with Crippen molar-refractivity contribution < 1.29 is 4.74 Å². The lowest BCUT2D eigenvalue weighted by Crippen LogP contribution is -2.15. The van der Waals surface area contributed by atoms with Gasteiger partial charge in [0.25, 0.3) is 0 Å². The van der Waals surface area contributed by atoms with Crippen molar-refractivity contribution in [1.29, 1.82) is 0 Å². The zero-order valence-electron chi connectivity index (χ0n) is 5.64. The highest BCUT2D eigenvalue weighted by Crippen LogP contribution is 2.15. The molecule has 1 rings (SSSR count). The first-order valence-corrected chi connectivity index (χ1v) is 4.31. The van der Waals surface area contributed by atoms with Crippen LogP contribution in [-0.2, 0) is 4.74 Å². The molecule has 0 aromatic carbocycles. The van der Waals surface area contributed by atoms with Gasteiger partial charge in [-0.2, -0.15) is 0 Å². The van der Waals surface area contributed by atoms with E-state index >= 15 is 0 Å². The van der Waals surface area contributed by atoms with E-state index in [0.717, 1.165) is 13.2 Å². The second-order valence-electron chi connectivity index (χ2n) is 2.23. The lowest BCUT2D eigenvalue weighted by molar-refractivity contribution is 0.0750. The van der Waals surface area contributed by atoms with E-state index in [9.17, 15) is 0 Å². The van der Waals surface area contributed by atoms with Crippen molar-refractivity contribution in [3.63, 3.8) is 0 Å². The molecule has 3 heteroatoms. The van der Waals surface area contributed by atoms with Crippen LogP contribution in [0, 0.1) is 0 Å². The molecule has 54 valence electrons. The second kappa shape index (κ2) is 3.73. The summed E-state index contributed by atoms with van der Waals surface area (Å²) in [4.78, 5) is 0. The van der Waals surface area contributed by atoms with Gasteiger partial charge in [-0.15, -0.1) is 0 Å². The van der Waals surface area contributed by atoms with Crippen molar-refractivity contribution in [3.8, 4) is 0 Å². The molecular weight excluding hydrogens is 229 g/mol. The molecule has 1 unspecified atom stereocenters. The number of halogens is 1. The fraction of sp³-hybridized carbons (Fsp3) is 1.00. The molecule has 1 aliphatic rings. The Balaban J connectivity index is 2.14. The largest absolute Gasteiger partial charge is 0.377 e. The summed E-state index contributed by atoms with van der Waals surface area (Å²) in [5.41, 5.74) is 0. The van der Waals surface area contributed by atoms with Crippen molar-refractivity contribution in [2.45, 2.75) is 19.4 Å². The van der Waals surface area contributed by atoms with Gasteiger partial charge in [0.2, 0.25) is 0 Å². The third kappa shape index (κ3) is 2.39. The molecule has 1 atom stereocenters. The smallest absolute Gasteiger partial charge is 0.0722 e. The molecule has 0 N–H and O–H groups in total. The van der Waals surface area contributed by atoms with Crippen LogP contribution in [0.1, 0.15) is 13.3 Å². The zero-order valence-corrected chi connectivity index (χ0v) is 7.80. The van der Waals surface area contributed by atoms with E-state index in [1.165, 1.54) is 13.0 Å². The number of ether oxygens (including phenoxy) is 1. The predicted octanol–water partition coefficient (Wildman–Crippen LogP) is 1.45. The van der Waals surface area contributed by atoms with Crippen LogP contribution in [0.3, 0.4) is 0 Å². The quantitative estimate of drug-likeness (QED) is 0.536. The minimum atomic E-state index is 0.506. The number of hydrogen-bond acceptors (Lipinski definition) is 2. The van der Waals surface area contributed by atoms with Crippen LogP contribution >= 0.6 is 22.9 Å². The topological polar surface area (TPSA) is 12.5 Å². The minimum absolute atomic E-state index is 0.506. The van der Waals surface area contributed by atoms with E-state index in [4.69, 9.17) is 4.74 Å². The first-order chi connectivity index (χ1) is 4.33. The maximum absolute atomic E-state index is 5.43. The molecule has 0 amide bonds. The maximum Gasteiger partial charge on any atom is 0.0722 e. The summed E-state index contributed by atoms with van der Waals surface area (Å²) >= 11 is 2.34. The SMILES string of the molecule is CCOC1CCN(I)C1. The summed E-state index contributed by atoms with van der Waals surface area (Å²) in [6.45, 7) is 5.20. The van der Waals surface area contributed by atoms with Crippen LogP contribution in [0.25, 0.3) is 0 Å². The van der Waals surface area contributed by atoms with Gasteiger partial charge < -0.3 is 4.74 Å². The highest BCUT2D eigenvalue weighted by Gasteiger charge is 2.19. The molecule has 2 nitrogen and oxygen atoms in total. The Morgan fingerprint density at radius 3 is 3.00 bits per heavy atom. The molecule has 9 heavy (non-hydrogen) atoms. The van der Waals surface area contributed by atoms with Crippen LogP contribution in [0.2, 0.25) is 0 Å². The van der Waals surface area contributed by atoms with Gasteiger partial charge >= 0.3 is 0 Å². The van der Waals surface area contributed by atoms with Crippen molar-refractivity contribution in [2.24, 2.45) is 0 Å². The summed E-state index contributed by atoms with van der Waals surface area (Å²) in [5, 5.41) is 0. The average molecular weight is 241 g/mol. The summed E-state index contributed by atoms with van der Waals surface area (Å²) in [6, 6.07) is 0. The molecule has 0 spiro atoms. The van der Waals surface area contributed by atoms with E-state index in [2.05, 4.69) is 32.9 Å². The first-order valence-electron chi connectivity index (χ1n) is 3.35. The van der Waals surface area contributed by atoms with Crippen LogP contribution in [0.4, 0.5) is 0 Å². The first kappa shape index (κ1) is 7.75. The van der Waals surface area contributed by atoms with E-state index < -0.39 is 0 Å². The normalized spacial score (nSPS) is 29.3. The maximum atomic E-state index is 5.43. The summed E-state index contributed by atoms with van der Waals surface area (Å²) in [5.74, 6) is 0. The van der Waals surface area contributed by atoms with Crippen molar-refractivity contribution in [3.05, 3.63) is 0 Å². The fourth-order valence-electron chi connectivity index (χ4n) is 1.06. The molecular formula is C6H12INO. The summed E-state index contributed by atoms with van der Waals surface area (Å²) in [7, 11) is 0. The van der Waals surface area contributed by atoms with E-state index in [1.54, 1.807) is 0 Å². The molecule has 1 saturated heterocycles. The molecule has 0 saturated carbocycles. The third-order valence-corrected chi connectivity index (χ3v) is 2.37. The number of hydrogen-bond donors (Lipinski definition) is 0. The van der Waals surface area contributed by atoms with Gasteiger partial charge in [0.1, 0.15) is 0 Å². The van der Waals surface area contributed by atoms with Gasteiger partial charge in [-0.25, -0.2) is 3.11 Å². The lowest BCUT2D eigenvalue weighted by atomic mass is 10.3. The number of nitrogens with zero attached hydrogens (tertiary/aromatic N) is 1. The Bertz CT molecular complexity index is 87.1. The molecule has 0 bridgehead atoms. The van der Waals surface area contributed by atoms with Crippen molar-refractivity contribution in [1.82, 2.24) is 3.11 Å². The van der Waals surface area contributed by atoms with Crippen LogP contribution < -0.4 is 0 Å². The van der Waals surface area contributed by atoms with Crippen molar-refractivity contribution >= 4 is 22.9 Å². The van der Waals surface area contributed by atoms with E-state index in [-0.39, 0.29) is 0 Å². The van der Waals surface area contributed by atoms with E-state index in [1.807, 2.05) is 0 Å². The van der Waals surface area contributed by atoms with Gasteiger partial charge in [0, 0.05) is 42.6 Å². The average Bonchev–Trinajstić information content (AvgIpc) is 2.17. The van der Waals surface area contributed by atoms with Gasteiger partial charge in [0.05, 0.1) is 6.10 Å². The molecule has 0 radical (unpaired) electrons. The second-order valence-corrected chi connectivity index (χ2v) is 3.60. The lowest BCUT2D eigenvalue weighted by Gasteiger charge is -2.07. The van der Waals surface area contributed by atoms with Crippen molar-refractivity contribution in [2.75, 3.05) is 19.7 Å². The molecule has 1 aliphatic heterocycles. The summed E-state index contributed by atoms with van der Waals surface area (Å²) < 4.78 is 7.70. The highest BCUT2D eigenvalue weighted by atomic mass is 127. The Hall–Kier alpha value is 0.650. The van der Waals surface area contributed by atoms with Crippen LogP contribution in [0.5, 0.6) is 0 Å². The number of rotatable bonds is 2. The van der Waals surface area contributed by atoms with Gasteiger partial charge in [0.15, 0.2) is 0 Å². The summed E-state index contributed by atoms with van der Waals surface area (Å²) in [6.07, 6.45) is 1.71. The van der Waals surface area contributed by atoms with Crippen LogP contribution in [0.15, 0.2) is 0 Å². The van der Waals surface area contributed by atoms with E-state index in [0.29, 0.717) is 6.10 Å². The van der Waals surface area contributed by atoms with Gasteiger partial charge in [-0.3, -0.25) is 0 Å². The fourth-order valence-corrected chi connectivity index (χ4v) is 1.78. The Morgan fingerprint density at radius 1 is 1.78 bits per heavy atom. The standard InChI is InChI=1S/C6H12INO/c1-2-9-6-3-4-8(7)5-6/h6H,2-5H2,1H3. The Morgan fingerprint density at radius 2 is 2.56 bits per heavy atom. The molecule has 0 aromatic rings. The third-order valence-electron chi connectivity index (χ3n) is 1.50. The minimum Gasteiger partial charge on any atom is -0.377 e. The molecule has 0 aliphatic carbocycles. The Labute approximate surface area is 70.0 Å². The van der Waals surface area contributed by atoms with Crippen LogP contribution in [-0.4, -0.2) is 28.9 Å².